The largest absolute Gasteiger partial charge is 0.308 e. The minimum absolute atomic E-state index is 0.180. The van der Waals surface area contributed by atoms with Crippen molar-refractivity contribution in [1.29, 1.82) is 0 Å². The van der Waals surface area contributed by atoms with Crippen LogP contribution in [0.5, 0.6) is 0 Å². The molecule has 0 heterocycles. The summed E-state index contributed by atoms with van der Waals surface area (Å²) in [5, 5.41) is 0. The molecule has 0 aliphatic rings. The highest BCUT2D eigenvalue weighted by Crippen LogP contribution is 2.13. The first kappa shape index (κ1) is 17.7. The summed E-state index contributed by atoms with van der Waals surface area (Å²) < 4.78 is 26.2. The zero-order chi connectivity index (χ0) is 16.0. The highest BCUT2D eigenvalue weighted by molar-refractivity contribution is 5.99. The zero-order valence-electron chi connectivity index (χ0n) is 13.2. The molecule has 1 rings (SSSR count). The van der Waals surface area contributed by atoms with E-state index in [1.165, 1.54) is 6.07 Å². The van der Waals surface area contributed by atoms with Crippen molar-refractivity contribution in [3.8, 4) is 0 Å². The topological polar surface area (TPSA) is 23.6 Å². The van der Waals surface area contributed by atoms with Crippen LogP contribution in [0.3, 0.4) is 0 Å². The van der Waals surface area contributed by atoms with Crippen LogP contribution in [0, 0.1) is 11.6 Å². The smallest absolute Gasteiger partial charge is 0.179 e. The Morgan fingerprint density at radius 3 is 2.33 bits per heavy atom. The molecule has 3 nitrogen and oxygen atoms in total. The molecule has 0 saturated carbocycles. The SMILES string of the molecule is CCCN(CCN(C)C)C(C)C(=O)c1ccc(F)c(F)c1. The normalized spacial score (nSPS) is 13.0. The van der Waals surface area contributed by atoms with E-state index in [4.69, 9.17) is 0 Å². The van der Waals surface area contributed by atoms with E-state index in [-0.39, 0.29) is 17.4 Å². The van der Waals surface area contributed by atoms with Crippen LogP contribution in [0.25, 0.3) is 0 Å². The maximum atomic E-state index is 13.3. The number of carbonyl (C=O) groups excluding carboxylic acids is 1. The molecule has 0 amide bonds. The molecule has 0 aromatic heterocycles. The Balaban J connectivity index is 2.83. The first-order valence-corrected chi connectivity index (χ1v) is 7.24. The minimum Gasteiger partial charge on any atom is -0.308 e. The lowest BCUT2D eigenvalue weighted by atomic mass is 10.0. The van der Waals surface area contributed by atoms with Crippen LogP contribution in [0.1, 0.15) is 30.6 Å². The van der Waals surface area contributed by atoms with Gasteiger partial charge in [0.2, 0.25) is 0 Å². The van der Waals surface area contributed by atoms with E-state index >= 15 is 0 Å². The molecular formula is C16H24F2N2O. The molecule has 1 aromatic carbocycles. The predicted molar refractivity (Wildman–Crippen MR) is 80.6 cm³/mol. The molecule has 5 heteroatoms. The lowest BCUT2D eigenvalue weighted by molar-refractivity contribution is 0.0827. The molecule has 1 aromatic rings. The van der Waals surface area contributed by atoms with Crippen LogP contribution in [0.15, 0.2) is 18.2 Å². The number of halogens is 2. The minimum atomic E-state index is -0.983. The molecule has 0 bridgehead atoms. The van der Waals surface area contributed by atoms with Crippen LogP contribution in [0.4, 0.5) is 8.78 Å². The van der Waals surface area contributed by atoms with Crippen molar-refractivity contribution in [3.63, 3.8) is 0 Å². The third-order valence-electron chi connectivity index (χ3n) is 3.48. The number of ketones is 1. The van der Waals surface area contributed by atoms with Gasteiger partial charge in [0.25, 0.3) is 0 Å². The van der Waals surface area contributed by atoms with Crippen LogP contribution in [0.2, 0.25) is 0 Å². The second kappa shape index (κ2) is 8.20. The fraction of sp³-hybridized carbons (Fsp3) is 0.562. The molecule has 1 atom stereocenters. The molecule has 0 aliphatic heterocycles. The Morgan fingerprint density at radius 2 is 1.81 bits per heavy atom. The Labute approximate surface area is 125 Å². The van der Waals surface area contributed by atoms with E-state index < -0.39 is 11.6 Å². The van der Waals surface area contributed by atoms with Gasteiger partial charge in [0.15, 0.2) is 17.4 Å². The maximum absolute atomic E-state index is 13.3. The van der Waals surface area contributed by atoms with Crippen molar-refractivity contribution in [2.24, 2.45) is 0 Å². The Bertz CT molecular complexity index is 477. The van der Waals surface area contributed by atoms with Crippen molar-refractivity contribution in [1.82, 2.24) is 9.80 Å². The van der Waals surface area contributed by atoms with Gasteiger partial charge in [-0.05, 0) is 52.2 Å². The van der Waals surface area contributed by atoms with Crippen LogP contribution < -0.4 is 0 Å². The van der Waals surface area contributed by atoms with E-state index in [9.17, 15) is 13.6 Å². The lowest BCUT2D eigenvalue weighted by Crippen LogP contribution is -2.43. The summed E-state index contributed by atoms with van der Waals surface area (Å²) in [7, 11) is 3.96. The van der Waals surface area contributed by atoms with Gasteiger partial charge < -0.3 is 4.90 Å². The van der Waals surface area contributed by atoms with Crippen molar-refractivity contribution in [2.75, 3.05) is 33.7 Å². The number of nitrogens with zero attached hydrogens (tertiary/aromatic N) is 2. The van der Waals surface area contributed by atoms with Crippen molar-refractivity contribution in [3.05, 3.63) is 35.4 Å². The Morgan fingerprint density at radius 1 is 1.14 bits per heavy atom. The predicted octanol–water partition coefficient (Wildman–Crippen LogP) is 2.81. The molecule has 0 radical (unpaired) electrons. The lowest BCUT2D eigenvalue weighted by Gasteiger charge is -2.29. The fourth-order valence-electron chi connectivity index (χ4n) is 2.17. The average molecular weight is 298 g/mol. The highest BCUT2D eigenvalue weighted by Gasteiger charge is 2.22. The average Bonchev–Trinajstić information content (AvgIpc) is 2.44. The van der Waals surface area contributed by atoms with Crippen molar-refractivity contribution < 1.29 is 13.6 Å². The van der Waals surface area contributed by atoms with Gasteiger partial charge in [-0.2, -0.15) is 0 Å². The number of benzene rings is 1. The number of likely N-dealkylation sites (N-methyl/N-ethyl adjacent to an activating group) is 1. The molecule has 0 N–H and O–H groups in total. The first-order valence-electron chi connectivity index (χ1n) is 7.24. The van der Waals surface area contributed by atoms with Crippen LogP contribution >= 0.6 is 0 Å². The molecule has 0 aliphatic carbocycles. The van der Waals surface area contributed by atoms with Crippen molar-refractivity contribution >= 4 is 5.78 Å². The number of rotatable bonds is 8. The summed E-state index contributed by atoms with van der Waals surface area (Å²) in [5.74, 6) is -2.10. The van der Waals surface area contributed by atoms with E-state index in [1.807, 2.05) is 21.0 Å². The van der Waals surface area contributed by atoms with E-state index in [0.717, 1.165) is 38.2 Å². The summed E-state index contributed by atoms with van der Waals surface area (Å²) >= 11 is 0. The van der Waals surface area contributed by atoms with Gasteiger partial charge in [-0.1, -0.05) is 6.92 Å². The van der Waals surface area contributed by atoms with Gasteiger partial charge in [-0.15, -0.1) is 0 Å². The molecular weight excluding hydrogens is 274 g/mol. The summed E-state index contributed by atoms with van der Waals surface area (Å²) in [6.07, 6.45) is 0.933. The molecule has 0 saturated heterocycles. The van der Waals surface area contributed by atoms with E-state index in [0.29, 0.717) is 0 Å². The summed E-state index contributed by atoms with van der Waals surface area (Å²) in [6.45, 7) is 6.27. The van der Waals surface area contributed by atoms with Gasteiger partial charge in [0.1, 0.15) is 0 Å². The monoisotopic (exact) mass is 298 g/mol. The van der Waals surface area contributed by atoms with E-state index in [1.54, 1.807) is 0 Å². The van der Waals surface area contributed by atoms with Gasteiger partial charge in [0.05, 0.1) is 6.04 Å². The van der Waals surface area contributed by atoms with Crippen molar-refractivity contribution in [2.45, 2.75) is 26.3 Å². The second-order valence-electron chi connectivity index (χ2n) is 5.51. The number of hydrogen-bond acceptors (Lipinski definition) is 3. The first-order chi connectivity index (χ1) is 9.86. The molecule has 1 unspecified atom stereocenters. The number of carbonyl (C=O) groups is 1. The molecule has 118 valence electrons. The third kappa shape index (κ3) is 5.17. The van der Waals surface area contributed by atoms with E-state index in [2.05, 4.69) is 16.7 Å². The van der Waals surface area contributed by atoms with Gasteiger partial charge in [-0.25, -0.2) is 8.78 Å². The standard InChI is InChI=1S/C16H24F2N2O/c1-5-8-20(10-9-19(3)4)12(2)16(21)13-6-7-14(17)15(18)11-13/h6-7,11-12H,5,8-10H2,1-4H3. The van der Waals surface area contributed by atoms with Crippen LogP contribution in [-0.4, -0.2) is 55.4 Å². The summed E-state index contributed by atoms with van der Waals surface area (Å²) in [4.78, 5) is 16.6. The Kier molecular flexibility index (Phi) is 6.92. The second-order valence-corrected chi connectivity index (χ2v) is 5.51. The molecule has 0 spiro atoms. The van der Waals surface area contributed by atoms with Gasteiger partial charge in [-0.3, -0.25) is 9.69 Å². The quantitative estimate of drug-likeness (QED) is 0.690. The fourth-order valence-corrected chi connectivity index (χ4v) is 2.17. The van der Waals surface area contributed by atoms with Gasteiger partial charge in [0, 0.05) is 18.7 Å². The summed E-state index contributed by atoms with van der Waals surface area (Å²) in [5.41, 5.74) is 0.215. The summed E-state index contributed by atoms with van der Waals surface area (Å²) in [6, 6.07) is 2.96. The molecule has 21 heavy (non-hydrogen) atoms. The molecule has 0 fully saturated rings. The third-order valence-corrected chi connectivity index (χ3v) is 3.48. The number of Topliss-reactive ketones (excluding diaryl/α,β-unsaturated/α-hetero) is 1. The maximum Gasteiger partial charge on any atom is 0.179 e. The zero-order valence-corrected chi connectivity index (χ0v) is 13.2. The van der Waals surface area contributed by atoms with Gasteiger partial charge >= 0.3 is 0 Å². The number of hydrogen-bond donors (Lipinski definition) is 0. The van der Waals surface area contributed by atoms with Crippen LogP contribution in [-0.2, 0) is 0 Å². The highest BCUT2D eigenvalue weighted by atomic mass is 19.2. The Hall–Kier alpha value is -1.33.